The van der Waals surface area contributed by atoms with Gasteiger partial charge in [-0.1, -0.05) is 53.2 Å². The van der Waals surface area contributed by atoms with Crippen molar-refractivity contribution in [3.63, 3.8) is 0 Å². The highest BCUT2D eigenvalue weighted by molar-refractivity contribution is 7.80. The minimum atomic E-state index is -0.359. The first-order valence-electron chi connectivity index (χ1n) is 24.0. The van der Waals surface area contributed by atoms with E-state index in [0.29, 0.717) is 37.5 Å². The number of azo groups is 1. The summed E-state index contributed by atoms with van der Waals surface area (Å²) in [6.45, 7) is 26.8. The zero-order valence-electron chi connectivity index (χ0n) is 44.1. The molecule has 0 aromatic carbocycles. The van der Waals surface area contributed by atoms with Gasteiger partial charge in [-0.2, -0.15) is 28.1 Å². The number of nitrogens with one attached hydrogen (secondary N) is 1. The lowest BCUT2D eigenvalue weighted by Gasteiger charge is -2.25. The van der Waals surface area contributed by atoms with Crippen molar-refractivity contribution in [1.29, 1.82) is 5.26 Å². The van der Waals surface area contributed by atoms with Crippen LogP contribution in [0.4, 0.5) is 0 Å². The van der Waals surface area contributed by atoms with E-state index in [9.17, 15) is 19.2 Å². The smallest absolute Gasteiger partial charge is 0.333 e. The molecule has 6 unspecified atom stereocenters. The summed E-state index contributed by atoms with van der Waals surface area (Å²) in [5.74, 6) is -1.03. The molecule has 0 heterocycles. The van der Waals surface area contributed by atoms with Crippen LogP contribution in [0.1, 0.15) is 85.5 Å². The normalized spacial score (nSPS) is 18.3. The third-order valence-corrected chi connectivity index (χ3v) is 11.2. The quantitative estimate of drug-likeness (QED) is 0.0228. The fourth-order valence-corrected chi connectivity index (χ4v) is 6.46. The Morgan fingerprint density at radius 1 is 0.841 bits per heavy atom. The maximum atomic E-state index is 12.4. The fraction of sp³-hybridized carbons (Fsp3) is 0.796. The summed E-state index contributed by atoms with van der Waals surface area (Å²) in [5, 5.41) is 44.9. The van der Waals surface area contributed by atoms with E-state index in [2.05, 4.69) is 71.8 Å². The van der Waals surface area contributed by atoms with Crippen LogP contribution in [0.15, 0.2) is 35.0 Å². The van der Waals surface area contributed by atoms with Gasteiger partial charge in [-0.15, -0.1) is 0 Å². The molecule has 0 aromatic heterocycles. The number of hydrogen-bond donors (Lipinski definition) is 5. The van der Waals surface area contributed by atoms with E-state index in [0.717, 1.165) is 90.2 Å². The molecule has 2 rings (SSSR count). The molecule has 398 valence electrons. The number of aliphatic hydroxyl groups is 3. The molecule has 4 N–H and O–H groups in total. The topological polar surface area (TPSA) is 229 Å². The Balaban J connectivity index is -0.000000871. The molecule has 2 amide bonds. The average Bonchev–Trinajstić information content (AvgIpc) is 3.33. The van der Waals surface area contributed by atoms with E-state index < -0.39 is 0 Å². The molecule has 2 aliphatic carbocycles. The van der Waals surface area contributed by atoms with Crippen molar-refractivity contribution in [3.8, 4) is 6.07 Å². The van der Waals surface area contributed by atoms with E-state index >= 15 is 0 Å². The second-order valence-electron chi connectivity index (χ2n) is 18.2. The molecule has 20 heteroatoms. The van der Waals surface area contributed by atoms with Crippen molar-refractivity contribution in [1.82, 2.24) is 29.8 Å². The summed E-state index contributed by atoms with van der Waals surface area (Å²) in [7, 11) is 13.7. The SMILES string of the molecule is C=C(C)C(=O)OCCN(C)CCN(C)C.C=CC(=O)NCO.CC(CC(C(=O)OCCN(C)CCN(C)C)C(C)C)C(=O)N(C)CO.OCCS.[C-]#[N+]C1CCCCC1N=NC1CCCCC1C#N. The van der Waals surface area contributed by atoms with Gasteiger partial charge < -0.3 is 59.5 Å². The number of nitriles is 1. The van der Waals surface area contributed by atoms with Crippen molar-refractivity contribution < 1.29 is 44.0 Å². The van der Waals surface area contributed by atoms with Crippen LogP contribution < -0.4 is 5.32 Å². The van der Waals surface area contributed by atoms with E-state index in [4.69, 9.17) is 36.6 Å². The lowest BCUT2D eigenvalue weighted by atomic mass is 9.86. The Bertz CT molecular complexity index is 1490. The van der Waals surface area contributed by atoms with Crippen LogP contribution in [0, 0.1) is 41.6 Å². The molecule has 69 heavy (non-hydrogen) atoms. The van der Waals surface area contributed by atoms with Gasteiger partial charge in [0.25, 0.3) is 0 Å². The predicted molar refractivity (Wildman–Crippen MR) is 276 cm³/mol. The minimum Gasteiger partial charge on any atom is -0.464 e. The lowest BCUT2D eigenvalue weighted by Crippen LogP contribution is -2.36. The maximum absolute atomic E-state index is 12.4. The molecule has 2 saturated carbocycles. The zero-order valence-corrected chi connectivity index (χ0v) is 45.0. The van der Waals surface area contributed by atoms with Crippen molar-refractivity contribution in [2.45, 2.75) is 104 Å². The van der Waals surface area contributed by atoms with Crippen LogP contribution in [-0.2, 0) is 28.7 Å². The van der Waals surface area contributed by atoms with Crippen LogP contribution in [0.5, 0.6) is 0 Å². The molecule has 0 aliphatic heterocycles. The van der Waals surface area contributed by atoms with Crippen LogP contribution in [0.2, 0.25) is 0 Å². The van der Waals surface area contributed by atoms with E-state index in [1.54, 1.807) is 20.9 Å². The van der Waals surface area contributed by atoms with Gasteiger partial charge in [-0.3, -0.25) is 14.4 Å². The number of ether oxygens (including phenoxy) is 2. The van der Waals surface area contributed by atoms with Gasteiger partial charge >= 0.3 is 11.9 Å². The summed E-state index contributed by atoms with van der Waals surface area (Å²) in [4.78, 5) is 59.0. The number of esters is 2. The number of rotatable bonds is 24. The first-order valence-corrected chi connectivity index (χ1v) is 24.6. The first kappa shape index (κ1) is 69.3. The molecular formula is C49H92N10O9S. The number of carbonyl (C=O) groups excluding carboxylic acids is 4. The highest BCUT2D eigenvalue weighted by Gasteiger charge is 2.32. The number of carbonyl (C=O) groups is 4. The van der Waals surface area contributed by atoms with Crippen LogP contribution >= 0.6 is 12.6 Å². The molecule has 2 fully saturated rings. The van der Waals surface area contributed by atoms with E-state index in [-0.39, 0.29) is 85.6 Å². The average molecular weight is 997 g/mol. The molecule has 6 atom stereocenters. The third kappa shape index (κ3) is 37.5. The van der Waals surface area contributed by atoms with Crippen molar-refractivity contribution in [2.24, 2.45) is 33.9 Å². The Labute approximate surface area is 421 Å². The Kier molecular flexibility index (Phi) is 44.2. The molecule has 0 spiro atoms. The highest BCUT2D eigenvalue weighted by Crippen LogP contribution is 2.29. The van der Waals surface area contributed by atoms with Crippen LogP contribution in [0.3, 0.4) is 0 Å². The molecule has 2 aliphatic rings. The summed E-state index contributed by atoms with van der Waals surface area (Å²) in [5.41, 5.74) is 0.450. The number of aliphatic hydroxyl groups excluding tert-OH is 3. The van der Waals surface area contributed by atoms with Gasteiger partial charge in [-0.05, 0) is 93.3 Å². The van der Waals surface area contributed by atoms with Crippen LogP contribution in [0.25, 0.3) is 4.85 Å². The largest absolute Gasteiger partial charge is 0.464 e. The van der Waals surface area contributed by atoms with Gasteiger partial charge in [0, 0.05) is 70.0 Å². The van der Waals surface area contributed by atoms with Crippen LogP contribution in [-0.4, -0.2) is 209 Å². The fourth-order valence-electron chi connectivity index (χ4n) is 6.46. The van der Waals surface area contributed by atoms with Gasteiger partial charge in [0.1, 0.15) is 32.7 Å². The molecule has 0 bridgehead atoms. The van der Waals surface area contributed by atoms with Crippen molar-refractivity contribution >= 4 is 36.4 Å². The summed E-state index contributed by atoms with van der Waals surface area (Å²) >= 11 is 3.67. The maximum Gasteiger partial charge on any atom is 0.333 e. The van der Waals surface area contributed by atoms with Gasteiger partial charge in [0.15, 0.2) is 0 Å². The third-order valence-electron chi connectivity index (χ3n) is 11.0. The second kappa shape index (κ2) is 44.0. The lowest BCUT2D eigenvalue weighted by molar-refractivity contribution is -0.152. The minimum absolute atomic E-state index is 0.0200. The Morgan fingerprint density at radius 2 is 1.33 bits per heavy atom. The van der Waals surface area contributed by atoms with Gasteiger partial charge in [0.2, 0.25) is 17.9 Å². The second-order valence-corrected chi connectivity index (χ2v) is 18.6. The Hall–Kier alpha value is -3.99. The standard InChI is InChI=1S/C18H37N3O4.C14H20N4.C11H22N2O2.C4H7NO2.C2H6OS/c1-14(2)16(12-15(3)17(23)21(7)13-22)18(24)25-11-10-20(6)9-8-19(4)5;1-16-13-8-4-5-9-14(13)18-17-12-7-3-2-6-11(12)10-15;1-10(2)11(14)15-9-8-13(5)7-6-12(3)4;1-2-4(7)5-3-6;3-1-2-4/h14-16,22H,8-13H2,1-7H3;11-14H,2-9H2;1,6-9H2,2-5H3;2,6H,1,3H2,(H,5,7);3-4H,1-2H2. The number of hydrogen-bond acceptors (Lipinski definition) is 17. The van der Waals surface area contributed by atoms with Crippen molar-refractivity contribution in [2.75, 3.05) is 128 Å². The number of nitrogens with zero attached hydrogens (tertiary/aromatic N) is 9. The van der Waals surface area contributed by atoms with Crippen molar-refractivity contribution in [3.05, 3.63) is 36.2 Å². The molecule has 0 aromatic rings. The predicted octanol–water partition coefficient (Wildman–Crippen LogP) is 4.23. The number of likely N-dealkylation sites (N-methyl/N-ethyl adjacent to an activating group) is 4. The summed E-state index contributed by atoms with van der Waals surface area (Å²) in [6.07, 6.45) is 9.99. The van der Waals surface area contributed by atoms with Gasteiger partial charge in [0.05, 0.1) is 30.6 Å². The molecule has 0 radical (unpaired) electrons. The first-order chi connectivity index (χ1) is 32.6. The summed E-state index contributed by atoms with van der Waals surface area (Å²) in [6, 6.07) is 2.53. The zero-order chi connectivity index (χ0) is 53.3. The molecule has 0 saturated heterocycles. The number of amides is 2. The number of thiol groups is 1. The van der Waals surface area contributed by atoms with Gasteiger partial charge in [-0.25, -0.2) is 11.4 Å². The molecular weight excluding hydrogens is 905 g/mol. The van der Waals surface area contributed by atoms with E-state index in [1.165, 1.54) is 4.90 Å². The highest BCUT2D eigenvalue weighted by atomic mass is 32.1. The Morgan fingerprint density at radius 3 is 1.75 bits per heavy atom. The van der Waals surface area contributed by atoms with E-state index in [1.807, 2.05) is 56.1 Å². The summed E-state index contributed by atoms with van der Waals surface area (Å²) < 4.78 is 10.4. The monoisotopic (exact) mass is 997 g/mol. The molecule has 19 nitrogen and oxygen atoms in total.